The Kier molecular flexibility index (Phi) is 6.57. The molecule has 0 saturated carbocycles. The van der Waals surface area contributed by atoms with E-state index in [1.54, 1.807) is 26.0 Å². The van der Waals surface area contributed by atoms with E-state index in [1.165, 1.54) is 20.1 Å². The summed E-state index contributed by atoms with van der Waals surface area (Å²) in [5, 5.41) is 3.80. The molecule has 3 heterocycles. The van der Waals surface area contributed by atoms with Crippen LogP contribution in [0.5, 0.6) is 5.88 Å². The summed E-state index contributed by atoms with van der Waals surface area (Å²) in [5.41, 5.74) is 1.34. The molecule has 0 aliphatic carbocycles. The summed E-state index contributed by atoms with van der Waals surface area (Å²) in [6.45, 7) is 5.42. The number of anilines is 2. The van der Waals surface area contributed by atoms with Gasteiger partial charge in [0.05, 0.1) is 30.0 Å². The average molecular weight is 492 g/mol. The zero-order chi connectivity index (χ0) is 24.6. The van der Waals surface area contributed by atoms with Gasteiger partial charge < -0.3 is 15.0 Å². The molecule has 1 aromatic carbocycles. The molecule has 1 N–H and O–H groups in total. The van der Waals surface area contributed by atoms with Gasteiger partial charge in [-0.05, 0) is 26.8 Å². The van der Waals surface area contributed by atoms with Crippen LogP contribution in [-0.4, -0.2) is 55.1 Å². The van der Waals surface area contributed by atoms with Gasteiger partial charge >= 0.3 is 0 Å². The van der Waals surface area contributed by atoms with Gasteiger partial charge in [0, 0.05) is 24.2 Å². The molecule has 1 aliphatic rings. The minimum absolute atomic E-state index is 0.00335. The molecule has 0 spiro atoms. The molecule has 2 atom stereocenters. The monoisotopic (exact) mass is 491 g/mol. The van der Waals surface area contributed by atoms with Crippen LogP contribution in [0.1, 0.15) is 43.0 Å². The van der Waals surface area contributed by atoms with Crippen LogP contribution in [0.3, 0.4) is 0 Å². The van der Waals surface area contributed by atoms with Crippen LogP contribution in [0.2, 0.25) is 0 Å². The number of sulfone groups is 1. The predicted octanol–water partition coefficient (Wildman–Crippen LogP) is 3.92. The third-order valence-electron chi connectivity index (χ3n) is 5.93. The second kappa shape index (κ2) is 9.28. The zero-order valence-corrected chi connectivity index (χ0v) is 20.3. The number of benzene rings is 1. The molecule has 4 rings (SSSR count). The van der Waals surface area contributed by atoms with E-state index in [2.05, 4.69) is 20.3 Å². The van der Waals surface area contributed by atoms with Gasteiger partial charge in [0.15, 0.2) is 15.5 Å². The number of nitrogens with zero attached hydrogens (tertiary/aromatic N) is 4. The molecule has 1 fully saturated rings. The quantitative estimate of drug-likeness (QED) is 0.554. The summed E-state index contributed by atoms with van der Waals surface area (Å²) in [6, 6.07) is 5.95. The van der Waals surface area contributed by atoms with Crippen molar-refractivity contribution < 1.29 is 21.9 Å². The van der Waals surface area contributed by atoms with Crippen LogP contribution in [0.4, 0.5) is 20.3 Å². The second-order valence-electron chi connectivity index (χ2n) is 8.38. The highest BCUT2D eigenvalue weighted by Gasteiger charge is 2.26. The van der Waals surface area contributed by atoms with Gasteiger partial charge in [0.2, 0.25) is 5.88 Å². The molecule has 11 heteroatoms. The molecule has 182 valence electrons. The van der Waals surface area contributed by atoms with E-state index in [1.807, 2.05) is 11.0 Å². The maximum atomic E-state index is 14.9. The lowest BCUT2D eigenvalue weighted by Gasteiger charge is -2.29. The molecule has 34 heavy (non-hydrogen) atoms. The summed E-state index contributed by atoms with van der Waals surface area (Å²) in [5.74, 6) is 0.726. The summed E-state index contributed by atoms with van der Waals surface area (Å²) in [7, 11) is -1.57. The fourth-order valence-corrected chi connectivity index (χ4v) is 5.27. The summed E-state index contributed by atoms with van der Waals surface area (Å²) < 4.78 is 58.0. The van der Waals surface area contributed by atoms with Gasteiger partial charge in [-0.3, -0.25) is 0 Å². The van der Waals surface area contributed by atoms with Crippen molar-refractivity contribution in [3.63, 3.8) is 0 Å². The maximum absolute atomic E-state index is 14.9. The van der Waals surface area contributed by atoms with Gasteiger partial charge in [-0.2, -0.15) is 4.98 Å². The Morgan fingerprint density at radius 2 is 1.79 bits per heavy atom. The van der Waals surface area contributed by atoms with E-state index in [-0.39, 0.29) is 17.1 Å². The maximum Gasteiger partial charge on any atom is 0.239 e. The highest BCUT2D eigenvalue weighted by molar-refractivity contribution is 7.91. The zero-order valence-electron chi connectivity index (χ0n) is 19.5. The number of alkyl halides is 1. The third-order valence-corrected chi connectivity index (χ3v) is 7.54. The Balaban J connectivity index is 1.75. The van der Waals surface area contributed by atoms with E-state index in [4.69, 9.17) is 4.74 Å². The molecule has 3 aromatic rings. The number of halogens is 2. The normalized spacial score (nSPS) is 17.4. The molecule has 2 aromatic heterocycles. The van der Waals surface area contributed by atoms with Gasteiger partial charge in [0.1, 0.15) is 29.3 Å². The number of hydrogen-bond donors (Lipinski definition) is 1. The van der Waals surface area contributed by atoms with Crippen LogP contribution in [0.25, 0.3) is 11.0 Å². The number of rotatable bonds is 6. The molecular formula is C23H27F2N5O3S. The van der Waals surface area contributed by atoms with Crippen molar-refractivity contribution >= 4 is 32.4 Å². The van der Waals surface area contributed by atoms with E-state index in [9.17, 15) is 17.2 Å². The second-order valence-corrected chi connectivity index (χ2v) is 10.7. The van der Waals surface area contributed by atoms with Gasteiger partial charge in [-0.1, -0.05) is 18.2 Å². The number of methoxy groups -OCH3 is 1. The summed E-state index contributed by atoms with van der Waals surface area (Å²) >= 11 is 0. The third kappa shape index (κ3) is 4.75. The Bertz CT molecular complexity index is 1320. The molecule has 1 unspecified atom stereocenters. The Morgan fingerprint density at radius 3 is 2.44 bits per heavy atom. The van der Waals surface area contributed by atoms with Crippen molar-refractivity contribution in [1.29, 1.82) is 0 Å². The van der Waals surface area contributed by atoms with Gasteiger partial charge in [-0.25, -0.2) is 27.2 Å². The number of pyridine rings is 1. The smallest absolute Gasteiger partial charge is 0.239 e. The molecule has 8 nitrogen and oxygen atoms in total. The van der Waals surface area contributed by atoms with Crippen molar-refractivity contribution in [1.82, 2.24) is 15.0 Å². The first-order valence-electron chi connectivity index (χ1n) is 11.0. The number of hydrogen-bond acceptors (Lipinski definition) is 8. The molecule has 1 aliphatic heterocycles. The highest BCUT2D eigenvalue weighted by atomic mass is 32.2. The minimum atomic E-state index is -3.06. The van der Waals surface area contributed by atoms with Crippen molar-refractivity contribution in [2.45, 2.75) is 33.0 Å². The van der Waals surface area contributed by atoms with Crippen LogP contribution in [-0.2, 0) is 9.84 Å². The van der Waals surface area contributed by atoms with E-state index < -0.39 is 27.9 Å². The fourth-order valence-electron chi connectivity index (χ4n) is 4.07. The fraction of sp³-hybridized carbons (Fsp3) is 0.435. The van der Waals surface area contributed by atoms with Crippen molar-refractivity contribution in [3.05, 3.63) is 47.0 Å². The first kappa shape index (κ1) is 24.1. The van der Waals surface area contributed by atoms with Gasteiger partial charge in [-0.15, -0.1) is 0 Å². The van der Waals surface area contributed by atoms with E-state index in [0.717, 1.165) is 0 Å². The number of ether oxygens (including phenoxy) is 1. The lowest BCUT2D eigenvalue weighted by molar-refractivity contribution is 0.360. The Hall–Kier alpha value is -3.08. The van der Waals surface area contributed by atoms with Crippen LogP contribution in [0, 0.1) is 12.7 Å². The molecular weight excluding hydrogens is 464 g/mol. The first-order valence-corrected chi connectivity index (χ1v) is 12.8. The number of aromatic nitrogens is 3. The topological polar surface area (TPSA) is 97.3 Å². The molecule has 0 radical (unpaired) electrons. The van der Waals surface area contributed by atoms with Crippen molar-refractivity contribution in [2.75, 3.05) is 41.9 Å². The average Bonchev–Trinajstić information content (AvgIpc) is 2.78. The summed E-state index contributed by atoms with van der Waals surface area (Å²) in [4.78, 5) is 15.4. The number of fused-ring (bicyclic) bond motifs is 1. The first-order chi connectivity index (χ1) is 16.1. The molecule has 0 amide bonds. The van der Waals surface area contributed by atoms with Crippen molar-refractivity contribution in [2.24, 2.45) is 0 Å². The number of aryl methyl sites for hydroxylation is 1. The van der Waals surface area contributed by atoms with Crippen LogP contribution in [0.15, 0.2) is 24.3 Å². The van der Waals surface area contributed by atoms with Crippen molar-refractivity contribution in [3.8, 4) is 5.88 Å². The van der Waals surface area contributed by atoms with E-state index in [0.29, 0.717) is 52.9 Å². The summed E-state index contributed by atoms with van der Waals surface area (Å²) in [6.07, 6.45) is -1.43. The minimum Gasteiger partial charge on any atom is -0.479 e. The Morgan fingerprint density at radius 1 is 1.12 bits per heavy atom. The highest BCUT2D eigenvalue weighted by Crippen LogP contribution is 2.35. The molecule has 0 bridgehead atoms. The lowest BCUT2D eigenvalue weighted by Crippen LogP contribution is -2.40. The number of nitrogens with one attached hydrogen (secondary N) is 1. The van der Waals surface area contributed by atoms with Gasteiger partial charge in [0.25, 0.3) is 0 Å². The predicted molar refractivity (Wildman–Crippen MR) is 127 cm³/mol. The SMILES string of the molecule is COc1nc2nc(C)nc(N[C@H](C)c3cccc(C(C)F)c3F)c2cc1N1CCS(=O)(=O)CC1. The largest absolute Gasteiger partial charge is 0.479 e. The lowest BCUT2D eigenvalue weighted by atomic mass is 10.0. The standard InChI is InChI=1S/C23H27F2N5O3S/c1-13(24)16-6-5-7-17(20(16)25)14(2)26-21-18-12-19(30-8-10-34(31,32)11-9-30)23(33-4)29-22(18)28-15(3)27-21/h5-7,12-14H,8-11H2,1-4H3,(H,26,27,28,29)/t13?,14-/m1/s1. The van der Waals surface area contributed by atoms with E-state index >= 15 is 0 Å². The molecule has 1 saturated heterocycles. The van der Waals surface area contributed by atoms with Crippen LogP contribution < -0.4 is 15.0 Å². The Labute approximate surface area is 197 Å². The van der Waals surface area contributed by atoms with Crippen LogP contribution >= 0.6 is 0 Å².